The summed E-state index contributed by atoms with van der Waals surface area (Å²) < 4.78 is 0. The molecule has 1 rings (SSSR count). The maximum Gasteiger partial charge on any atom is 0.0652 e. The van der Waals surface area contributed by atoms with Gasteiger partial charge in [0.05, 0.1) is 14.1 Å². The summed E-state index contributed by atoms with van der Waals surface area (Å²) in [5.74, 6) is 0.361. The quantitative estimate of drug-likeness (QED) is 0.612. The second-order valence-corrected chi connectivity index (χ2v) is 9.49. The Balaban J connectivity index is 2.43. The monoisotopic (exact) mass is 181 g/mol. The minimum atomic E-state index is -0.914. The Morgan fingerprint density at radius 3 is 2.42 bits per heavy atom. The zero-order valence-electron chi connectivity index (χ0n) is 8.27. The van der Waals surface area contributed by atoms with Crippen LogP contribution in [0, 0.1) is 17.2 Å². The van der Waals surface area contributed by atoms with Crippen LogP contribution in [0.25, 0.3) is 0 Å². The summed E-state index contributed by atoms with van der Waals surface area (Å²) in [7, 11) is -0.914. The van der Waals surface area contributed by atoms with Crippen molar-refractivity contribution in [3.8, 4) is 6.07 Å². The Hall–Kier alpha value is -0.293. The van der Waals surface area contributed by atoms with Crippen LogP contribution in [-0.4, -0.2) is 8.07 Å². The molecule has 1 heterocycles. The van der Waals surface area contributed by atoms with E-state index in [0.717, 1.165) is 6.42 Å². The molecule has 0 radical (unpaired) electrons. The third-order valence-electron chi connectivity index (χ3n) is 3.23. The summed E-state index contributed by atoms with van der Waals surface area (Å²) in [6.07, 6.45) is 3.92. The van der Waals surface area contributed by atoms with Gasteiger partial charge in [-0.3, -0.25) is 0 Å². The fraction of sp³-hybridized carbons (Fsp3) is 0.900. The molecule has 1 aliphatic heterocycles. The highest BCUT2D eigenvalue weighted by atomic mass is 28.3. The third-order valence-corrected chi connectivity index (χ3v) is 7.82. The molecule has 1 atom stereocenters. The molecule has 0 aromatic rings. The van der Waals surface area contributed by atoms with Gasteiger partial charge in [0.15, 0.2) is 0 Å². The number of nitriles is 1. The molecule has 0 aliphatic carbocycles. The molecule has 1 aliphatic rings. The first-order valence-corrected chi connectivity index (χ1v) is 8.22. The van der Waals surface area contributed by atoms with Crippen LogP contribution in [0.4, 0.5) is 0 Å². The Kier molecular flexibility index (Phi) is 3.34. The van der Waals surface area contributed by atoms with E-state index >= 15 is 0 Å². The lowest BCUT2D eigenvalue weighted by Crippen LogP contribution is -2.27. The van der Waals surface area contributed by atoms with E-state index in [0.29, 0.717) is 5.92 Å². The van der Waals surface area contributed by atoms with E-state index in [4.69, 9.17) is 5.26 Å². The van der Waals surface area contributed by atoms with Crippen LogP contribution in [0.2, 0.25) is 24.7 Å². The van der Waals surface area contributed by atoms with Crippen molar-refractivity contribution in [2.24, 2.45) is 5.92 Å². The van der Waals surface area contributed by atoms with Crippen molar-refractivity contribution in [1.29, 1.82) is 5.26 Å². The molecule has 0 saturated carbocycles. The van der Waals surface area contributed by atoms with Gasteiger partial charge < -0.3 is 0 Å². The minimum Gasteiger partial charge on any atom is -0.198 e. The molecule has 0 bridgehead atoms. The smallest absolute Gasteiger partial charge is 0.0652 e. The summed E-state index contributed by atoms with van der Waals surface area (Å²) in [5.41, 5.74) is 0. The number of rotatable bonds is 3. The normalized spacial score (nSPS) is 23.4. The average molecular weight is 181 g/mol. The molecular formula is C10H19NSi. The number of hydrogen-bond acceptors (Lipinski definition) is 1. The van der Waals surface area contributed by atoms with E-state index in [1.165, 1.54) is 31.0 Å². The number of nitrogens with zero attached hydrogens (tertiary/aromatic N) is 1. The summed E-state index contributed by atoms with van der Waals surface area (Å²) in [6, 6.07) is 6.66. The zero-order chi connectivity index (χ0) is 9.03. The predicted octanol–water partition coefficient (Wildman–Crippen LogP) is 3.41. The topological polar surface area (TPSA) is 23.8 Å². The van der Waals surface area contributed by atoms with Gasteiger partial charge in [0, 0.05) is 5.92 Å². The SMILES string of the molecule is CCC(C#N)C[Si]1(C)CCCC1. The summed E-state index contributed by atoms with van der Waals surface area (Å²) in [6.45, 7) is 4.63. The van der Waals surface area contributed by atoms with Gasteiger partial charge in [-0.2, -0.15) is 5.26 Å². The van der Waals surface area contributed by atoms with E-state index in [1.807, 2.05) is 0 Å². The molecular weight excluding hydrogens is 162 g/mol. The maximum atomic E-state index is 8.87. The molecule has 0 spiro atoms. The fourth-order valence-electron chi connectivity index (χ4n) is 2.31. The highest BCUT2D eigenvalue weighted by Crippen LogP contribution is 2.35. The Morgan fingerprint density at radius 2 is 2.00 bits per heavy atom. The van der Waals surface area contributed by atoms with E-state index in [9.17, 15) is 0 Å². The van der Waals surface area contributed by atoms with Crippen LogP contribution in [0.3, 0.4) is 0 Å². The van der Waals surface area contributed by atoms with Crippen molar-refractivity contribution in [2.45, 2.75) is 50.9 Å². The van der Waals surface area contributed by atoms with Gasteiger partial charge in [0.2, 0.25) is 0 Å². The maximum absolute atomic E-state index is 8.87. The molecule has 1 nitrogen and oxygen atoms in total. The second-order valence-electron chi connectivity index (χ2n) is 4.46. The molecule has 1 saturated heterocycles. The molecule has 1 unspecified atom stereocenters. The lowest BCUT2D eigenvalue weighted by molar-refractivity contribution is 0.698. The van der Waals surface area contributed by atoms with E-state index in [-0.39, 0.29) is 0 Å². The van der Waals surface area contributed by atoms with Crippen molar-refractivity contribution in [2.75, 3.05) is 0 Å². The van der Waals surface area contributed by atoms with Gasteiger partial charge in [-0.05, 0) is 12.5 Å². The van der Waals surface area contributed by atoms with Crippen LogP contribution >= 0.6 is 0 Å². The third kappa shape index (κ3) is 2.35. The van der Waals surface area contributed by atoms with Gasteiger partial charge in [0.1, 0.15) is 0 Å². The molecule has 0 amide bonds. The molecule has 0 aromatic carbocycles. The molecule has 68 valence electrons. The van der Waals surface area contributed by atoms with Crippen LogP contribution in [0.15, 0.2) is 0 Å². The first kappa shape index (κ1) is 9.79. The Labute approximate surface area is 76.8 Å². The van der Waals surface area contributed by atoms with Crippen LogP contribution in [-0.2, 0) is 0 Å². The average Bonchev–Trinajstić information content (AvgIpc) is 2.48. The summed E-state index contributed by atoms with van der Waals surface area (Å²) in [5, 5.41) is 8.87. The van der Waals surface area contributed by atoms with E-state index in [2.05, 4.69) is 19.5 Å². The standard InChI is InChI=1S/C10H19NSi/c1-3-10(8-11)9-12(2)6-4-5-7-12/h10H,3-7,9H2,1-2H3. The van der Waals surface area contributed by atoms with Crippen LogP contribution in [0.1, 0.15) is 26.2 Å². The van der Waals surface area contributed by atoms with Crippen molar-refractivity contribution >= 4 is 8.07 Å². The van der Waals surface area contributed by atoms with Gasteiger partial charge >= 0.3 is 0 Å². The summed E-state index contributed by atoms with van der Waals surface area (Å²) in [4.78, 5) is 0. The van der Waals surface area contributed by atoms with Crippen LogP contribution in [0.5, 0.6) is 0 Å². The van der Waals surface area contributed by atoms with Gasteiger partial charge in [-0.15, -0.1) is 0 Å². The lowest BCUT2D eigenvalue weighted by atomic mass is 10.1. The zero-order valence-corrected chi connectivity index (χ0v) is 9.27. The number of hydrogen-bond donors (Lipinski definition) is 0. The van der Waals surface area contributed by atoms with Crippen molar-refractivity contribution in [3.63, 3.8) is 0 Å². The van der Waals surface area contributed by atoms with Crippen LogP contribution < -0.4 is 0 Å². The molecule has 1 fully saturated rings. The van der Waals surface area contributed by atoms with Crippen molar-refractivity contribution in [1.82, 2.24) is 0 Å². The highest BCUT2D eigenvalue weighted by Gasteiger charge is 2.32. The Bertz CT molecular complexity index is 177. The van der Waals surface area contributed by atoms with E-state index < -0.39 is 8.07 Å². The molecule has 2 heteroatoms. The predicted molar refractivity (Wildman–Crippen MR) is 54.7 cm³/mol. The second kappa shape index (κ2) is 4.09. The van der Waals surface area contributed by atoms with Gasteiger partial charge in [0.25, 0.3) is 0 Å². The summed E-state index contributed by atoms with van der Waals surface area (Å²) >= 11 is 0. The van der Waals surface area contributed by atoms with Crippen molar-refractivity contribution < 1.29 is 0 Å². The fourth-order valence-corrected chi connectivity index (χ4v) is 6.74. The van der Waals surface area contributed by atoms with Gasteiger partial charge in [-0.25, -0.2) is 0 Å². The largest absolute Gasteiger partial charge is 0.198 e. The first-order valence-electron chi connectivity index (χ1n) is 5.10. The molecule has 0 aromatic heterocycles. The van der Waals surface area contributed by atoms with E-state index in [1.54, 1.807) is 0 Å². The highest BCUT2D eigenvalue weighted by molar-refractivity contribution is 6.79. The van der Waals surface area contributed by atoms with Crippen molar-refractivity contribution in [3.05, 3.63) is 0 Å². The Morgan fingerprint density at radius 1 is 1.42 bits per heavy atom. The first-order chi connectivity index (χ1) is 5.70. The lowest BCUT2D eigenvalue weighted by Gasteiger charge is -2.22. The minimum absolute atomic E-state index is 0.361. The molecule has 0 N–H and O–H groups in total. The molecule has 12 heavy (non-hydrogen) atoms. The van der Waals surface area contributed by atoms with Gasteiger partial charge in [-0.1, -0.05) is 38.4 Å².